The Morgan fingerprint density at radius 3 is 2.17 bits per heavy atom. The van der Waals surface area contributed by atoms with Crippen LogP contribution in [0.15, 0.2) is 35.4 Å². The van der Waals surface area contributed by atoms with E-state index < -0.39 is 28.8 Å². The number of fused-ring (bicyclic) bond motifs is 2. The van der Waals surface area contributed by atoms with E-state index in [9.17, 15) is 30.3 Å². The summed E-state index contributed by atoms with van der Waals surface area (Å²) in [5, 5.41) is 52.0. The van der Waals surface area contributed by atoms with E-state index in [1.54, 1.807) is 19.9 Å². The van der Waals surface area contributed by atoms with Crippen molar-refractivity contribution in [3.8, 4) is 40.2 Å². The summed E-state index contributed by atoms with van der Waals surface area (Å²) in [6.07, 6.45) is 6.11. The van der Waals surface area contributed by atoms with Crippen molar-refractivity contribution in [2.75, 3.05) is 0 Å². The monoisotopic (exact) mass is 498 g/mol. The van der Waals surface area contributed by atoms with Gasteiger partial charge in [0.05, 0.1) is 5.60 Å². The van der Waals surface area contributed by atoms with Crippen molar-refractivity contribution in [1.82, 2.24) is 0 Å². The lowest BCUT2D eigenvalue weighted by atomic mass is 9.98. The van der Waals surface area contributed by atoms with E-state index >= 15 is 0 Å². The average Bonchev–Trinajstić information content (AvgIpc) is 2.88. The Morgan fingerprint density at radius 2 is 1.53 bits per heavy atom. The zero-order valence-electron chi connectivity index (χ0n) is 21.3. The Hall–Kier alpha value is -3.65. The molecule has 2 aromatic rings. The molecule has 0 unspecified atom stereocenters. The van der Waals surface area contributed by atoms with Gasteiger partial charge in [-0.2, -0.15) is 0 Å². The average molecular weight is 499 g/mol. The third-order valence-electron chi connectivity index (χ3n) is 5.99. The minimum Gasteiger partial charge on any atom is -0.507 e. The first-order chi connectivity index (χ1) is 16.8. The van der Waals surface area contributed by atoms with Gasteiger partial charge in [0.1, 0.15) is 22.8 Å². The van der Waals surface area contributed by atoms with Crippen LogP contribution in [0.4, 0.5) is 0 Å². The molecule has 0 saturated heterocycles. The molecule has 0 aromatic heterocycles. The van der Waals surface area contributed by atoms with Gasteiger partial charge in [0, 0.05) is 23.3 Å². The van der Waals surface area contributed by atoms with Gasteiger partial charge >= 0.3 is 5.97 Å². The van der Waals surface area contributed by atoms with Crippen LogP contribution >= 0.6 is 0 Å². The molecule has 0 spiro atoms. The fourth-order valence-electron chi connectivity index (χ4n) is 3.94. The maximum absolute atomic E-state index is 13.1. The Bertz CT molecular complexity index is 1230. The van der Waals surface area contributed by atoms with Gasteiger partial charge in [-0.15, -0.1) is 0 Å². The predicted molar refractivity (Wildman–Crippen MR) is 135 cm³/mol. The zero-order chi connectivity index (χ0) is 26.8. The van der Waals surface area contributed by atoms with Crippen LogP contribution in [0.5, 0.6) is 40.2 Å². The maximum Gasteiger partial charge on any atom is 0.351 e. The van der Waals surface area contributed by atoms with Crippen molar-refractivity contribution in [1.29, 1.82) is 0 Å². The molecule has 1 aliphatic heterocycles. The van der Waals surface area contributed by atoms with Gasteiger partial charge in [0.15, 0.2) is 23.0 Å². The van der Waals surface area contributed by atoms with Crippen molar-refractivity contribution in [3.05, 3.63) is 52.1 Å². The van der Waals surface area contributed by atoms with Crippen LogP contribution in [0.3, 0.4) is 0 Å². The minimum absolute atomic E-state index is 0.0383. The van der Waals surface area contributed by atoms with E-state index in [0.717, 1.165) is 30.1 Å². The summed E-state index contributed by atoms with van der Waals surface area (Å²) < 4.78 is 11.3. The lowest BCUT2D eigenvalue weighted by molar-refractivity contribution is 0.0688. The van der Waals surface area contributed by atoms with E-state index in [1.165, 1.54) is 6.07 Å². The summed E-state index contributed by atoms with van der Waals surface area (Å²) in [6, 6.07) is 2.33. The molecule has 0 atom stereocenters. The SMILES string of the molecule is CC(C)=CCc1c(O)c(O)cc2c1OC(=O)c1c(cc(O)c(CC=C(C)CCCC(C)(C)O)c1O)O2. The first-order valence-corrected chi connectivity index (χ1v) is 11.9. The van der Waals surface area contributed by atoms with Crippen molar-refractivity contribution in [2.24, 2.45) is 0 Å². The predicted octanol–water partition coefficient (Wildman–Crippen LogP) is 5.77. The summed E-state index contributed by atoms with van der Waals surface area (Å²) in [7, 11) is 0. The largest absolute Gasteiger partial charge is 0.507 e. The summed E-state index contributed by atoms with van der Waals surface area (Å²) >= 11 is 0. The fourth-order valence-corrected chi connectivity index (χ4v) is 3.94. The number of allylic oxidation sites excluding steroid dienone is 4. The number of carbonyl (C=O) groups is 1. The molecule has 0 saturated carbocycles. The number of ether oxygens (including phenoxy) is 2. The summed E-state index contributed by atoms with van der Waals surface area (Å²) in [4.78, 5) is 13.1. The van der Waals surface area contributed by atoms with Crippen molar-refractivity contribution in [2.45, 2.75) is 72.3 Å². The van der Waals surface area contributed by atoms with Crippen molar-refractivity contribution in [3.63, 3.8) is 0 Å². The van der Waals surface area contributed by atoms with Gasteiger partial charge in [-0.3, -0.25) is 0 Å². The lowest BCUT2D eigenvalue weighted by Gasteiger charge is -2.16. The second kappa shape index (κ2) is 10.5. The highest BCUT2D eigenvalue weighted by atomic mass is 16.6. The van der Waals surface area contributed by atoms with Gasteiger partial charge in [-0.05, 0) is 66.7 Å². The third kappa shape index (κ3) is 6.12. The van der Waals surface area contributed by atoms with Crippen LogP contribution in [0.2, 0.25) is 0 Å². The topological polar surface area (TPSA) is 137 Å². The fraction of sp³-hybridized carbons (Fsp3) is 0.393. The quantitative estimate of drug-likeness (QED) is 0.134. The molecule has 3 rings (SSSR count). The highest BCUT2D eigenvalue weighted by Gasteiger charge is 2.32. The standard InChI is InChI=1S/C28H34O8/c1-15(2)8-10-18-24(31)20(30)14-22-26(18)36-27(33)23-21(35-22)13-19(29)17(25(23)32)11-9-16(3)7-6-12-28(4,5)34/h8-9,13-14,29-32,34H,6-7,10-12H2,1-5H3. The molecular formula is C28H34O8. The Balaban J connectivity index is 1.95. The molecule has 36 heavy (non-hydrogen) atoms. The van der Waals surface area contributed by atoms with Crippen LogP contribution in [-0.4, -0.2) is 37.1 Å². The van der Waals surface area contributed by atoms with E-state index in [0.29, 0.717) is 6.42 Å². The number of rotatable bonds is 8. The van der Waals surface area contributed by atoms with Gasteiger partial charge in [-0.1, -0.05) is 23.3 Å². The van der Waals surface area contributed by atoms with E-state index in [2.05, 4.69) is 0 Å². The van der Waals surface area contributed by atoms with Gasteiger partial charge in [0.2, 0.25) is 0 Å². The Kier molecular flexibility index (Phi) is 7.89. The number of aliphatic hydroxyl groups is 1. The molecule has 5 N–H and O–H groups in total. The zero-order valence-corrected chi connectivity index (χ0v) is 21.3. The van der Waals surface area contributed by atoms with E-state index in [4.69, 9.17) is 9.47 Å². The number of phenols is 4. The molecule has 8 heteroatoms. The molecule has 0 amide bonds. The third-order valence-corrected chi connectivity index (χ3v) is 5.99. The molecule has 1 aliphatic rings. The van der Waals surface area contributed by atoms with Crippen LogP contribution in [0.25, 0.3) is 0 Å². The molecule has 0 fully saturated rings. The smallest absolute Gasteiger partial charge is 0.351 e. The van der Waals surface area contributed by atoms with Gasteiger partial charge < -0.3 is 35.0 Å². The summed E-state index contributed by atoms with van der Waals surface area (Å²) in [6.45, 7) is 9.16. The van der Waals surface area contributed by atoms with E-state index in [1.807, 2.05) is 26.8 Å². The Labute approximate surface area is 210 Å². The van der Waals surface area contributed by atoms with Gasteiger partial charge in [0.25, 0.3) is 0 Å². The van der Waals surface area contributed by atoms with Crippen LogP contribution in [-0.2, 0) is 12.8 Å². The molecular weight excluding hydrogens is 464 g/mol. The highest BCUT2D eigenvalue weighted by Crippen LogP contribution is 2.50. The van der Waals surface area contributed by atoms with E-state index in [-0.39, 0.29) is 52.5 Å². The van der Waals surface area contributed by atoms with Crippen LogP contribution < -0.4 is 9.47 Å². The molecule has 0 radical (unpaired) electrons. The number of phenolic OH excluding ortho intramolecular Hbond substituents is 4. The number of hydrogen-bond donors (Lipinski definition) is 5. The second-order valence-electron chi connectivity index (χ2n) is 10.0. The molecule has 0 bridgehead atoms. The highest BCUT2D eigenvalue weighted by molar-refractivity contribution is 5.99. The molecule has 1 heterocycles. The number of carbonyl (C=O) groups excluding carboxylic acids is 1. The van der Waals surface area contributed by atoms with Crippen LogP contribution in [0, 0.1) is 0 Å². The maximum atomic E-state index is 13.1. The normalized spacial score (nSPS) is 13.3. The van der Waals surface area contributed by atoms with Crippen LogP contribution in [0.1, 0.15) is 75.4 Å². The first kappa shape index (κ1) is 26.9. The molecule has 194 valence electrons. The number of hydrogen-bond acceptors (Lipinski definition) is 8. The van der Waals surface area contributed by atoms with Crippen molar-refractivity contribution < 1.29 is 39.8 Å². The number of esters is 1. The second-order valence-corrected chi connectivity index (χ2v) is 10.0. The molecule has 2 aromatic carbocycles. The Morgan fingerprint density at radius 1 is 0.889 bits per heavy atom. The van der Waals surface area contributed by atoms with Gasteiger partial charge in [-0.25, -0.2) is 4.79 Å². The minimum atomic E-state index is -0.920. The number of benzene rings is 2. The van der Waals surface area contributed by atoms with Crippen molar-refractivity contribution >= 4 is 5.97 Å². The number of aromatic hydroxyl groups is 4. The summed E-state index contributed by atoms with van der Waals surface area (Å²) in [5.74, 6) is -2.81. The molecule has 0 aliphatic carbocycles. The lowest BCUT2D eigenvalue weighted by Crippen LogP contribution is -2.17. The summed E-state index contributed by atoms with van der Waals surface area (Å²) in [5.41, 5.74) is 1.24. The molecule has 8 nitrogen and oxygen atoms in total. The first-order valence-electron chi connectivity index (χ1n) is 11.9.